The van der Waals surface area contributed by atoms with E-state index in [1.807, 2.05) is 31.2 Å². The molecule has 9 heteroatoms. The van der Waals surface area contributed by atoms with E-state index < -0.39 is 5.91 Å². The number of hydrazone groups is 1. The summed E-state index contributed by atoms with van der Waals surface area (Å²) >= 11 is 1.27. The van der Waals surface area contributed by atoms with Gasteiger partial charge < -0.3 is 9.47 Å². The summed E-state index contributed by atoms with van der Waals surface area (Å²) < 4.78 is 24.4. The molecular formula is C27H21FN4O3S. The van der Waals surface area contributed by atoms with Crippen LogP contribution < -0.4 is 9.47 Å². The lowest BCUT2D eigenvalue weighted by Gasteiger charge is -2.20. The van der Waals surface area contributed by atoms with E-state index >= 15 is 0 Å². The smallest absolute Gasteiger partial charge is 0.283 e. The second-order valence-corrected chi connectivity index (χ2v) is 9.02. The number of amidine groups is 2. The molecule has 2 aliphatic heterocycles. The number of carbonyl (C=O) groups excluding carboxylic acids is 1. The number of rotatable bonds is 6. The van der Waals surface area contributed by atoms with E-state index in [1.54, 1.807) is 36.4 Å². The zero-order valence-corrected chi connectivity index (χ0v) is 20.3. The van der Waals surface area contributed by atoms with Crippen LogP contribution >= 0.6 is 11.8 Å². The molecule has 0 fully saturated rings. The van der Waals surface area contributed by atoms with E-state index in [0.29, 0.717) is 27.3 Å². The third kappa shape index (κ3) is 4.65. The molecule has 7 nitrogen and oxygen atoms in total. The number of nitrogens with zero attached hydrogens (tertiary/aromatic N) is 3. The second kappa shape index (κ2) is 9.79. The average Bonchev–Trinajstić information content (AvgIpc) is 3.30. The number of nitrogens with one attached hydrogen (secondary N) is 1. The Bertz CT molecular complexity index is 1460. The standard InChI is InChI=1S/C27H21FN4O3S/c1-16-5-3-4-6-20(16)26-31-32-24(29)21(25(33)30-27(32)36-26)13-18-9-12-22(23(14-18)34-2)35-15-17-7-10-19(28)11-8-17/h3-14,29H,15H2,1-2H3. The minimum Gasteiger partial charge on any atom is -0.493 e. The first-order valence-electron chi connectivity index (χ1n) is 11.0. The summed E-state index contributed by atoms with van der Waals surface area (Å²) in [4.78, 5) is 17.0. The molecule has 0 radical (unpaired) electrons. The lowest BCUT2D eigenvalue weighted by atomic mass is 10.1. The van der Waals surface area contributed by atoms with Crippen molar-refractivity contribution in [3.8, 4) is 11.5 Å². The molecule has 0 aromatic heterocycles. The van der Waals surface area contributed by atoms with Gasteiger partial charge in [0.05, 0.1) is 12.7 Å². The molecule has 1 amide bonds. The van der Waals surface area contributed by atoms with Crippen molar-refractivity contribution in [2.45, 2.75) is 13.5 Å². The molecule has 0 saturated carbocycles. The third-order valence-corrected chi connectivity index (χ3v) is 6.58. The van der Waals surface area contributed by atoms with Crippen LogP contribution in [0.15, 0.2) is 82.4 Å². The first-order valence-corrected chi connectivity index (χ1v) is 11.9. The molecule has 180 valence electrons. The van der Waals surface area contributed by atoms with Gasteiger partial charge in [-0.2, -0.15) is 15.1 Å². The highest BCUT2D eigenvalue weighted by molar-refractivity contribution is 8.27. The molecule has 2 heterocycles. The summed E-state index contributed by atoms with van der Waals surface area (Å²) in [5.74, 6) is 0.102. The van der Waals surface area contributed by atoms with Crippen molar-refractivity contribution in [2.24, 2.45) is 10.1 Å². The van der Waals surface area contributed by atoms with Gasteiger partial charge in [0, 0.05) is 5.56 Å². The van der Waals surface area contributed by atoms with Gasteiger partial charge in [-0.05, 0) is 65.7 Å². The molecule has 0 bridgehead atoms. The Balaban J connectivity index is 1.38. The van der Waals surface area contributed by atoms with E-state index in [2.05, 4.69) is 10.1 Å². The van der Waals surface area contributed by atoms with Crippen LogP contribution in [-0.4, -0.2) is 34.1 Å². The second-order valence-electron chi connectivity index (χ2n) is 8.07. The Hall–Kier alpha value is -4.24. The van der Waals surface area contributed by atoms with E-state index in [1.165, 1.54) is 36.0 Å². The zero-order valence-electron chi connectivity index (χ0n) is 19.5. The van der Waals surface area contributed by atoms with Crippen LogP contribution in [0.3, 0.4) is 0 Å². The van der Waals surface area contributed by atoms with Gasteiger partial charge in [-0.15, -0.1) is 0 Å². The topological polar surface area (TPSA) is 87.3 Å². The SMILES string of the molecule is COc1cc(C=C2C(=N)N3N=C(c4ccccc4C)SC3=NC2=O)ccc1OCc1ccc(F)cc1. The monoisotopic (exact) mass is 500 g/mol. The number of hydrogen-bond donors (Lipinski definition) is 1. The van der Waals surface area contributed by atoms with Crippen LogP contribution in [0.2, 0.25) is 0 Å². The first kappa shape index (κ1) is 23.5. The fourth-order valence-electron chi connectivity index (χ4n) is 3.72. The quantitative estimate of drug-likeness (QED) is 0.459. The normalized spacial score (nSPS) is 16.1. The minimum absolute atomic E-state index is 0.0447. The first-order chi connectivity index (χ1) is 17.4. The summed E-state index contributed by atoms with van der Waals surface area (Å²) in [6.45, 7) is 2.23. The summed E-state index contributed by atoms with van der Waals surface area (Å²) in [6, 6.07) is 19.1. The van der Waals surface area contributed by atoms with Crippen molar-refractivity contribution in [2.75, 3.05) is 7.11 Å². The van der Waals surface area contributed by atoms with Crippen molar-refractivity contribution in [1.82, 2.24) is 5.01 Å². The number of amides is 1. The molecule has 2 aliphatic rings. The molecule has 3 aromatic carbocycles. The van der Waals surface area contributed by atoms with Gasteiger partial charge in [-0.25, -0.2) is 4.39 Å². The van der Waals surface area contributed by atoms with Gasteiger partial charge in [0.1, 0.15) is 17.5 Å². The summed E-state index contributed by atoms with van der Waals surface area (Å²) in [5.41, 5.74) is 3.56. The molecule has 36 heavy (non-hydrogen) atoms. The third-order valence-electron chi connectivity index (χ3n) is 5.64. The predicted octanol–water partition coefficient (Wildman–Crippen LogP) is 5.39. The highest BCUT2D eigenvalue weighted by atomic mass is 32.2. The van der Waals surface area contributed by atoms with Crippen LogP contribution in [0.5, 0.6) is 11.5 Å². The predicted molar refractivity (Wildman–Crippen MR) is 139 cm³/mol. The number of benzene rings is 3. The van der Waals surface area contributed by atoms with Crippen molar-refractivity contribution < 1.29 is 18.7 Å². The molecule has 0 spiro atoms. The van der Waals surface area contributed by atoms with Crippen LogP contribution in [-0.2, 0) is 11.4 Å². The lowest BCUT2D eigenvalue weighted by Crippen LogP contribution is -2.35. The molecule has 3 aromatic rings. The van der Waals surface area contributed by atoms with Crippen molar-refractivity contribution in [3.63, 3.8) is 0 Å². The maximum Gasteiger partial charge on any atom is 0.283 e. The van der Waals surface area contributed by atoms with Crippen molar-refractivity contribution >= 4 is 39.8 Å². The Morgan fingerprint density at radius 2 is 1.86 bits per heavy atom. The van der Waals surface area contributed by atoms with Gasteiger partial charge in [-0.3, -0.25) is 10.2 Å². The van der Waals surface area contributed by atoms with Crippen LogP contribution in [0.1, 0.15) is 22.3 Å². The molecular weight excluding hydrogens is 479 g/mol. The average molecular weight is 501 g/mol. The Kier molecular flexibility index (Phi) is 6.39. The Morgan fingerprint density at radius 3 is 2.61 bits per heavy atom. The maximum atomic E-state index is 13.1. The summed E-state index contributed by atoms with van der Waals surface area (Å²) in [5, 5.41) is 15.6. The number of ether oxygens (including phenoxy) is 2. The molecule has 0 aliphatic carbocycles. The van der Waals surface area contributed by atoms with Gasteiger partial charge >= 0.3 is 0 Å². The van der Waals surface area contributed by atoms with Crippen LogP contribution in [0.4, 0.5) is 4.39 Å². The number of aliphatic imine (C=N–C) groups is 1. The van der Waals surface area contributed by atoms with E-state index in [-0.39, 0.29) is 23.8 Å². The fraction of sp³-hybridized carbons (Fsp3) is 0.111. The maximum absolute atomic E-state index is 13.1. The summed E-state index contributed by atoms with van der Waals surface area (Å²) in [7, 11) is 1.52. The molecule has 0 atom stereocenters. The number of halogens is 1. The number of aryl methyl sites for hydroxylation is 1. The van der Waals surface area contributed by atoms with Crippen LogP contribution in [0.25, 0.3) is 6.08 Å². The van der Waals surface area contributed by atoms with Gasteiger partial charge in [-0.1, -0.05) is 42.5 Å². The fourth-order valence-corrected chi connectivity index (χ4v) is 4.70. The Morgan fingerprint density at radius 1 is 1.08 bits per heavy atom. The lowest BCUT2D eigenvalue weighted by molar-refractivity contribution is -0.114. The van der Waals surface area contributed by atoms with Gasteiger partial charge in [0.25, 0.3) is 5.91 Å². The van der Waals surface area contributed by atoms with Crippen LogP contribution in [0, 0.1) is 18.2 Å². The summed E-state index contributed by atoms with van der Waals surface area (Å²) in [6.07, 6.45) is 1.59. The minimum atomic E-state index is -0.504. The van der Waals surface area contributed by atoms with Gasteiger partial charge in [0.15, 0.2) is 17.3 Å². The zero-order chi connectivity index (χ0) is 25.2. The Labute approximate surface area is 211 Å². The van der Waals surface area contributed by atoms with E-state index in [4.69, 9.17) is 14.9 Å². The van der Waals surface area contributed by atoms with Gasteiger partial charge in [0.2, 0.25) is 5.17 Å². The highest BCUT2D eigenvalue weighted by Crippen LogP contribution is 2.33. The number of methoxy groups -OCH3 is 1. The number of fused-ring (bicyclic) bond motifs is 1. The highest BCUT2D eigenvalue weighted by Gasteiger charge is 2.36. The van der Waals surface area contributed by atoms with Crippen molar-refractivity contribution in [1.29, 1.82) is 5.41 Å². The van der Waals surface area contributed by atoms with E-state index in [9.17, 15) is 9.18 Å². The number of hydrogen-bond acceptors (Lipinski definition) is 6. The molecule has 5 rings (SSSR count). The number of carbonyl (C=O) groups is 1. The molecule has 0 unspecified atom stereocenters. The van der Waals surface area contributed by atoms with E-state index in [0.717, 1.165) is 16.7 Å². The van der Waals surface area contributed by atoms with Crippen molar-refractivity contribution in [3.05, 3.63) is 100 Å². The molecule has 0 saturated heterocycles. The molecule has 1 N–H and O–H groups in total. The number of thioether (sulfide) groups is 1. The largest absolute Gasteiger partial charge is 0.493 e.